The minimum absolute atomic E-state index is 0.0929. The summed E-state index contributed by atoms with van der Waals surface area (Å²) in [6.45, 7) is 6.46. The van der Waals surface area contributed by atoms with Crippen LogP contribution in [-0.2, 0) is 4.79 Å². The van der Waals surface area contributed by atoms with E-state index in [2.05, 4.69) is 0 Å². The first-order chi connectivity index (χ1) is 9.67. The van der Waals surface area contributed by atoms with E-state index in [0.717, 1.165) is 12.8 Å². The third kappa shape index (κ3) is 3.03. The van der Waals surface area contributed by atoms with Gasteiger partial charge in [0.15, 0.2) is 5.76 Å². The van der Waals surface area contributed by atoms with E-state index in [0.29, 0.717) is 31.9 Å². The molecule has 1 saturated heterocycles. The van der Waals surface area contributed by atoms with Gasteiger partial charge in [-0.05, 0) is 25.0 Å². The largest absolute Gasteiger partial charge is 0.459 e. The summed E-state index contributed by atoms with van der Waals surface area (Å²) in [7, 11) is 0. The number of hydrogen-bond acceptors (Lipinski definition) is 3. The number of nitrogens with zero attached hydrogens (tertiary/aromatic N) is 2. The zero-order chi connectivity index (χ0) is 14.5. The van der Waals surface area contributed by atoms with E-state index in [1.54, 1.807) is 17.0 Å². The fourth-order valence-corrected chi connectivity index (χ4v) is 2.58. The third-order valence-electron chi connectivity index (χ3n) is 3.95. The van der Waals surface area contributed by atoms with Crippen molar-refractivity contribution in [3.8, 4) is 0 Å². The molecule has 0 radical (unpaired) electrons. The summed E-state index contributed by atoms with van der Waals surface area (Å²) in [4.78, 5) is 28.0. The molecule has 0 spiro atoms. The van der Waals surface area contributed by atoms with Gasteiger partial charge in [-0.3, -0.25) is 9.59 Å². The van der Waals surface area contributed by atoms with Crippen molar-refractivity contribution in [2.45, 2.75) is 26.7 Å². The molecule has 0 bridgehead atoms. The van der Waals surface area contributed by atoms with Crippen LogP contribution in [0.15, 0.2) is 22.8 Å². The predicted molar refractivity (Wildman–Crippen MR) is 75.3 cm³/mol. The highest BCUT2D eigenvalue weighted by Gasteiger charge is 2.28. The van der Waals surface area contributed by atoms with Gasteiger partial charge in [0, 0.05) is 32.1 Å². The van der Waals surface area contributed by atoms with Crippen LogP contribution in [-0.4, -0.2) is 47.8 Å². The van der Waals surface area contributed by atoms with Crippen LogP contribution in [0.1, 0.15) is 37.2 Å². The molecule has 0 aromatic carbocycles. The smallest absolute Gasteiger partial charge is 0.289 e. The number of amides is 2. The molecule has 1 aliphatic rings. The van der Waals surface area contributed by atoms with Gasteiger partial charge in [0.1, 0.15) is 0 Å². The lowest BCUT2D eigenvalue weighted by molar-refractivity contribution is -0.137. The van der Waals surface area contributed by atoms with Gasteiger partial charge in [-0.1, -0.05) is 13.8 Å². The maximum Gasteiger partial charge on any atom is 0.289 e. The Kier molecular flexibility index (Phi) is 4.82. The van der Waals surface area contributed by atoms with Crippen LogP contribution in [0.5, 0.6) is 0 Å². The summed E-state index contributed by atoms with van der Waals surface area (Å²) in [5.41, 5.74) is 0. The van der Waals surface area contributed by atoms with Crippen LogP contribution < -0.4 is 0 Å². The zero-order valence-electron chi connectivity index (χ0n) is 12.2. The van der Waals surface area contributed by atoms with Crippen molar-refractivity contribution in [3.05, 3.63) is 24.2 Å². The molecule has 1 fully saturated rings. The fourth-order valence-electron chi connectivity index (χ4n) is 2.58. The number of piperazine rings is 1. The van der Waals surface area contributed by atoms with E-state index in [1.807, 2.05) is 18.7 Å². The lowest BCUT2D eigenvalue weighted by Crippen LogP contribution is -2.51. The zero-order valence-corrected chi connectivity index (χ0v) is 12.2. The van der Waals surface area contributed by atoms with E-state index in [4.69, 9.17) is 4.42 Å². The van der Waals surface area contributed by atoms with Gasteiger partial charge in [0.2, 0.25) is 5.91 Å². The van der Waals surface area contributed by atoms with Crippen molar-refractivity contribution in [1.29, 1.82) is 0 Å². The summed E-state index contributed by atoms with van der Waals surface area (Å²) < 4.78 is 5.12. The van der Waals surface area contributed by atoms with Crippen LogP contribution in [0.25, 0.3) is 0 Å². The molecule has 0 N–H and O–H groups in total. The van der Waals surface area contributed by atoms with Crippen molar-refractivity contribution in [3.63, 3.8) is 0 Å². The Bertz CT molecular complexity index is 444. The van der Waals surface area contributed by atoms with Crippen LogP contribution in [0.4, 0.5) is 0 Å². The second-order valence-electron chi connectivity index (χ2n) is 5.11. The molecule has 110 valence electrons. The molecule has 1 aromatic rings. The molecule has 0 unspecified atom stereocenters. The molecule has 1 aromatic heterocycles. The van der Waals surface area contributed by atoms with Crippen molar-refractivity contribution in [2.75, 3.05) is 26.2 Å². The Morgan fingerprint density at radius 1 is 1.15 bits per heavy atom. The Morgan fingerprint density at radius 3 is 2.25 bits per heavy atom. The number of rotatable bonds is 4. The minimum atomic E-state index is -0.0929. The van der Waals surface area contributed by atoms with E-state index < -0.39 is 0 Å². The number of furan rings is 1. The molecule has 2 amide bonds. The fraction of sp³-hybridized carbons (Fsp3) is 0.600. The first-order valence-electron chi connectivity index (χ1n) is 7.28. The SMILES string of the molecule is CCC(CC)C(=O)N1CCN(C(=O)c2ccco2)CC1. The topological polar surface area (TPSA) is 53.8 Å². The molecule has 0 saturated carbocycles. The van der Waals surface area contributed by atoms with Gasteiger partial charge >= 0.3 is 0 Å². The van der Waals surface area contributed by atoms with Gasteiger partial charge in [0.05, 0.1) is 6.26 Å². The molecule has 0 aliphatic carbocycles. The number of hydrogen-bond donors (Lipinski definition) is 0. The molecule has 5 heteroatoms. The lowest BCUT2D eigenvalue weighted by atomic mass is 10.0. The Balaban J connectivity index is 1.89. The Hall–Kier alpha value is -1.78. The van der Waals surface area contributed by atoms with Crippen LogP contribution in [0, 0.1) is 5.92 Å². The molecular weight excluding hydrogens is 256 g/mol. The minimum Gasteiger partial charge on any atom is -0.459 e. The summed E-state index contributed by atoms with van der Waals surface area (Å²) in [5.74, 6) is 0.608. The van der Waals surface area contributed by atoms with Gasteiger partial charge < -0.3 is 14.2 Å². The average molecular weight is 278 g/mol. The normalized spacial score (nSPS) is 15.8. The van der Waals surface area contributed by atoms with Crippen LogP contribution >= 0.6 is 0 Å². The van der Waals surface area contributed by atoms with E-state index >= 15 is 0 Å². The van der Waals surface area contributed by atoms with E-state index in [9.17, 15) is 9.59 Å². The van der Waals surface area contributed by atoms with Gasteiger partial charge in [0.25, 0.3) is 5.91 Å². The first kappa shape index (κ1) is 14.6. The molecular formula is C15H22N2O3. The van der Waals surface area contributed by atoms with Gasteiger partial charge in [-0.25, -0.2) is 0 Å². The Morgan fingerprint density at radius 2 is 1.75 bits per heavy atom. The quantitative estimate of drug-likeness (QED) is 0.846. The highest BCUT2D eigenvalue weighted by Crippen LogP contribution is 2.15. The highest BCUT2D eigenvalue weighted by atomic mass is 16.3. The lowest BCUT2D eigenvalue weighted by Gasteiger charge is -2.35. The van der Waals surface area contributed by atoms with Crippen molar-refractivity contribution >= 4 is 11.8 Å². The maximum atomic E-state index is 12.3. The Labute approximate surface area is 119 Å². The third-order valence-corrected chi connectivity index (χ3v) is 3.95. The summed E-state index contributed by atoms with van der Waals surface area (Å²) in [5, 5.41) is 0. The molecule has 0 atom stereocenters. The number of carbonyl (C=O) groups is 2. The van der Waals surface area contributed by atoms with Gasteiger partial charge in [-0.15, -0.1) is 0 Å². The molecule has 1 aliphatic heterocycles. The summed E-state index contributed by atoms with van der Waals surface area (Å²) >= 11 is 0. The molecule has 20 heavy (non-hydrogen) atoms. The predicted octanol–water partition coefficient (Wildman–Crippen LogP) is 2.00. The monoisotopic (exact) mass is 278 g/mol. The number of carbonyl (C=O) groups excluding carboxylic acids is 2. The highest BCUT2D eigenvalue weighted by molar-refractivity contribution is 5.91. The first-order valence-corrected chi connectivity index (χ1v) is 7.28. The standard InChI is InChI=1S/C15H22N2O3/c1-3-12(4-2)14(18)16-7-9-17(10-8-16)15(19)13-6-5-11-20-13/h5-6,11-12H,3-4,7-10H2,1-2H3. The van der Waals surface area contributed by atoms with Crippen molar-refractivity contribution < 1.29 is 14.0 Å². The van der Waals surface area contributed by atoms with Crippen LogP contribution in [0.3, 0.4) is 0 Å². The summed E-state index contributed by atoms with van der Waals surface area (Å²) in [6, 6.07) is 3.38. The van der Waals surface area contributed by atoms with Gasteiger partial charge in [-0.2, -0.15) is 0 Å². The second-order valence-corrected chi connectivity index (χ2v) is 5.11. The van der Waals surface area contributed by atoms with E-state index in [-0.39, 0.29) is 17.7 Å². The van der Waals surface area contributed by atoms with Crippen molar-refractivity contribution in [2.24, 2.45) is 5.92 Å². The molecule has 2 rings (SSSR count). The summed E-state index contributed by atoms with van der Waals surface area (Å²) in [6.07, 6.45) is 3.25. The van der Waals surface area contributed by atoms with E-state index in [1.165, 1.54) is 6.26 Å². The van der Waals surface area contributed by atoms with Crippen LogP contribution in [0.2, 0.25) is 0 Å². The molecule has 5 nitrogen and oxygen atoms in total. The molecule has 2 heterocycles. The second kappa shape index (κ2) is 6.59. The average Bonchev–Trinajstić information content (AvgIpc) is 3.02. The maximum absolute atomic E-state index is 12.3. The van der Waals surface area contributed by atoms with Crippen molar-refractivity contribution in [1.82, 2.24) is 9.80 Å².